The molecule has 0 unspecified atom stereocenters. The molecule has 1 rings (SSSR count). The van der Waals surface area contributed by atoms with Crippen LogP contribution in [0.25, 0.3) is 0 Å². The Labute approximate surface area is 93.3 Å². The van der Waals surface area contributed by atoms with Gasteiger partial charge in [-0.05, 0) is 33.2 Å². The quantitative estimate of drug-likeness (QED) is 0.546. The minimum Gasteiger partial charge on any atom is -0.241 e. The van der Waals surface area contributed by atoms with E-state index in [4.69, 9.17) is 5.26 Å². The number of aromatic nitrogens is 1. The van der Waals surface area contributed by atoms with Crippen molar-refractivity contribution in [3.05, 3.63) is 29.1 Å². The molecule has 1 heterocycles. The molecule has 13 heavy (non-hydrogen) atoms. The van der Waals surface area contributed by atoms with Gasteiger partial charge in [0.05, 0.1) is 5.56 Å². The predicted octanol–water partition coefficient (Wildman–Crippen LogP) is 2.65. The number of halogens is 1. The Morgan fingerprint density at radius 2 is 2.31 bits per heavy atom. The van der Waals surface area contributed by atoms with Gasteiger partial charge < -0.3 is 0 Å². The van der Waals surface area contributed by atoms with Crippen molar-refractivity contribution >= 4 is 30.1 Å². The van der Waals surface area contributed by atoms with Gasteiger partial charge in [0.25, 0.3) is 0 Å². The lowest BCUT2D eigenvalue weighted by molar-refractivity contribution is 1.16. The third-order valence-electron chi connectivity index (χ3n) is 1.36. The van der Waals surface area contributed by atoms with Gasteiger partial charge in [-0.2, -0.15) is 5.26 Å². The molecule has 0 aliphatic rings. The highest BCUT2D eigenvalue weighted by Crippen LogP contribution is 2.09. The second kappa shape index (κ2) is 5.11. The zero-order valence-electron chi connectivity index (χ0n) is 6.84. The zero-order valence-corrected chi connectivity index (χ0v) is 9.81. The average molecular weight is 300 g/mol. The van der Waals surface area contributed by atoms with Crippen LogP contribution in [0.5, 0.6) is 0 Å². The molecule has 0 aliphatic carbocycles. The molecule has 0 fully saturated rings. The van der Waals surface area contributed by atoms with Crippen LogP contribution < -0.4 is 0 Å². The summed E-state index contributed by atoms with van der Waals surface area (Å²) in [5, 5.41) is 11.6. The van der Waals surface area contributed by atoms with E-state index in [1.54, 1.807) is 0 Å². The van der Waals surface area contributed by atoms with Crippen molar-refractivity contribution < 1.29 is 0 Å². The predicted molar refractivity (Wildman–Crippen MR) is 62.2 cm³/mol. The molecule has 0 saturated heterocycles. The zero-order chi connectivity index (χ0) is 9.68. The number of nitriles is 1. The van der Waals surface area contributed by atoms with Crippen LogP contribution in [-0.2, 0) is 0 Å². The maximum absolute atomic E-state index is 8.75. The second-order valence-electron chi connectivity index (χ2n) is 2.26. The van der Waals surface area contributed by atoms with Crippen LogP contribution in [0.3, 0.4) is 0 Å². The molecule has 0 radical (unpaired) electrons. The first kappa shape index (κ1) is 10.4. The monoisotopic (exact) mass is 300 g/mol. The molecule has 0 spiro atoms. The van der Waals surface area contributed by atoms with Gasteiger partial charge in [-0.3, -0.25) is 0 Å². The fourth-order valence-electron chi connectivity index (χ4n) is 0.817. The molecular formula is C9H5IN2S. The minimum atomic E-state index is 0.401. The van der Waals surface area contributed by atoms with Crippen LogP contribution in [0, 0.1) is 29.4 Å². The molecule has 1 aromatic rings. The normalized spacial score (nSPS) is 8.38. The lowest BCUT2D eigenvalue weighted by atomic mass is 10.2. The van der Waals surface area contributed by atoms with Crippen LogP contribution in [0.2, 0.25) is 0 Å². The van der Waals surface area contributed by atoms with Gasteiger partial charge in [-0.1, -0.05) is 5.92 Å². The number of pyridine rings is 1. The van der Waals surface area contributed by atoms with Gasteiger partial charge in [-0.15, -0.1) is 0 Å². The summed E-state index contributed by atoms with van der Waals surface area (Å²) >= 11 is 2.08. The summed E-state index contributed by atoms with van der Waals surface area (Å²) in [6.07, 6.45) is 0. The standard InChI is InChI=1S/C9H5IN2S/c1-7-2-3-8(4-5-13-10)9(6-11)12-7/h2-3H,1H3. The molecule has 0 saturated carbocycles. The van der Waals surface area contributed by atoms with E-state index in [-0.39, 0.29) is 0 Å². The fourth-order valence-corrected chi connectivity index (χ4v) is 1.30. The van der Waals surface area contributed by atoms with Crippen LogP contribution in [0.1, 0.15) is 17.0 Å². The van der Waals surface area contributed by atoms with Crippen LogP contribution >= 0.6 is 30.1 Å². The summed E-state index contributed by atoms with van der Waals surface area (Å²) in [4.78, 5) is 4.07. The third kappa shape index (κ3) is 2.91. The smallest absolute Gasteiger partial charge is 0.156 e. The maximum atomic E-state index is 8.75. The van der Waals surface area contributed by atoms with E-state index in [1.807, 2.05) is 25.1 Å². The number of rotatable bonds is 0. The van der Waals surface area contributed by atoms with Gasteiger partial charge in [0.2, 0.25) is 0 Å². The van der Waals surface area contributed by atoms with Gasteiger partial charge in [0.15, 0.2) is 5.69 Å². The first-order valence-electron chi connectivity index (χ1n) is 3.44. The fraction of sp³-hybridized carbons (Fsp3) is 0.111. The molecule has 0 aliphatic heterocycles. The topological polar surface area (TPSA) is 36.7 Å². The Morgan fingerprint density at radius 1 is 1.54 bits per heavy atom. The van der Waals surface area contributed by atoms with Gasteiger partial charge in [0.1, 0.15) is 6.07 Å². The van der Waals surface area contributed by atoms with Crippen molar-refractivity contribution in [2.45, 2.75) is 6.92 Å². The van der Waals surface area contributed by atoms with Crippen molar-refractivity contribution in [1.82, 2.24) is 4.98 Å². The van der Waals surface area contributed by atoms with Gasteiger partial charge in [-0.25, -0.2) is 4.98 Å². The summed E-state index contributed by atoms with van der Waals surface area (Å²) in [6.45, 7) is 1.85. The Kier molecular flexibility index (Phi) is 4.07. The molecule has 0 aromatic carbocycles. The van der Waals surface area contributed by atoms with Crippen LogP contribution in [-0.4, -0.2) is 4.98 Å². The molecule has 4 heteroatoms. The van der Waals surface area contributed by atoms with E-state index in [2.05, 4.69) is 37.4 Å². The highest BCUT2D eigenvalue weighted by atomic mass is 127. The second-order valence-corrected chi connectivity index (χ2v) is 3.94. The Morgan fingerprint density at radius 3 is 2.92 bits per heavy atom. The molecular weight excluding hydrogens is 295 g/mol. The van der Waals surface area contributed by atoms with E-state index < -0.39 is 0 Å². The lowest BCUT2D eigenvalue weighted by Crippen LogP contribution is -1.90. The third-order valence-corrected chi connectivity index (χ3v) is 2.20. The molecule has 64 valence electrons. The summed E-state index contributed by atoms with van der Waals surface area (Å²) in [7, 11) is 1.39. The Balaban J connectivity index is 3.16. The van der Waals surface area contributed by atoms with E-state index in [1.165, 1.54) is 8.93 Å². The first-order chi connectivity index (χ1) is 6.27. The summed E-state index contributed by atoms with van der Waals surface area (Å²) in [5.41, 5.74) is 1.93. The SMILES string of the molecule is Cc1ccc(C#CSI)c(C#N)n1. The average Bonchev–Trinajstić information content (AvgIpc) is 2.16. The summed E-state index contributed by atoms with van der Waals surface area (Å²) in [6, 6.07) is 5.69. The highest BCUT2D eigenvalue weighted by Gasteiger charge is 1.99. The first-order valence-corrected chi connectivity index (χ1v) is 6.80. The molecule has 0 atom stereocenters. The minimum absolute atomic E-state index is 0.401. The van der Waals surface area contributed by atoms with Crippen LogP contribution in [0.4, 0.5) is 0 Å². The number of hydrogen-bond donors (Lipinski definition) is 0. The van der Waals surface area contributed by atoms with Gasteiger partial charge >= 0.3 is 0 Å². The van der Waals surface area contributed by atoms with E-state index in [0.29, 0.717) is 11.3 Å². The maximum Gasteiger partial charge on any atom is 0.156 e. The molecule has 1 aromatic heterocycles. The van der Waals surface area contributed by atoms with Crippen molar-refractivity contribution in [2.24, 2.45) is 0 Å². The Hall–Kier alpha value is -0.720. The summed E-state index contributed by atoms with van der Waals surface area (Å²) < 4.78 is 0. The van der Waals surface area contributed by atoms with Crippen LogP contribution in [0.15, 0.2) is 12.1 Å². The largest absolute Gasteiger partial charge is 0.241 e. The van der Waals surface area contributed by atoms with Crippen molar-refractivity contribution in [3.8, 4) is 17.2 Å². The number of aryl methyl sites for hydroxylation is 1. The Bertz CT molecular complexity index is 412. The number of nitrogens with zero attached hydrogens (tertiary/aromatic N) is 2. The number of hydrogen-bond acceptors (Lipinski definition) is 3. The van der Waals surface area contributed by atoms with E-state index in [0.717, 1.165) is 5.69 Å². The molecule has 0 bridgehead atoms. The molecule has 2 nitrogen and oxygen atoms in total. The van der Waals surface area contributed by atoms with E-state index in [9.17, 15) is 0 Å². The summed E-state index contributed by atoms with van der Waals surface area (Å²) in [5.74, 6) is 2.86. The highest BCUT2D eigenvalue weighted by molar-refractivity contribution is 14.2. The van der Waals surface area contributed by atoms with Crippen molar-refractivity contribution in [3.63, 3.8) is 0 Å². The lowest BCUT2D eigenvalue weighted by Gasteiger charge is -1.95. The van der Waals surface area contributed by atoms with Crippen molar-refractivity contribution in [2.75, 3.05) is 0 Å². The van der Waals surface area contributed by atoms with Crippen molar-refractivity contribution in [1.29, 1.82) is 5.26 Å². The molecule has 0 amide bonds. The van der Waals surface area contributed by atoms with E-state index >= 15 is 0 Å². The van der Waals surface area contributed by atoms with Gasteiger partial charge in [0, 0.05) is 26.9 Å². The molecule has 0 N–H and O–H groups in total.